The first-order valence-corrected chi connectivity index (χ1v) is 11.2. The van der Waals surface area contributed by atoms with Crippen molar-refractivity contribution in [2.75, 3.05) is 18.6 Å². The number of carbonyl (C=O) groups excluding carboxylic acids is 2. The van der Waals surface area contributed by atoms with Gasteiger partial charge in [0.2, 0.25) is 0 Å². The van der Waals surface area contributed by atoms with E-state index in [2.05, 4.69) is 20.3 Å². The van der Waals surface area contributed by atoms with E-state index in [1.54, 1.807) is 0 Å². The number of β-lactam (4-membered cyclic amide) rings is 1. The Morgan fingerprint density at radius 2 is 2.17 bits per heavy atom. The summed E-state index contributed by atoms with van der Waals surface area (Å²) in [5.41, 5.74) is 4.66. The lowest BCUT2D eigenvalue weighted by Gasteiger charge is -2.49. The Morgan fingerprint density at radius 1 is 1.48 bits per heavy atom. The number of carboxylic acid groups (broad SMARTS) is 1. The summed E-state index contributed by atoms with van der Waals surface area (Å²) in [4.78, 5) is 64.6. The van der Waals surface area contributed by atoms with Crippen LogP contribution in [0.5, 0.6) is 0 Å². The number of fused-ring (bicyclic) bond motifs is 1. The van der Waals surface area contributed by atoms with Crippen LogP contribution in [0.2, 0.25) is 0 Å². The molecule has 1 unspecified atom stereocenters. The number of carbonyl (C=O) groups is 3. The Kier molecular flexibility index (Phi) is 5.69. The summed E-state index contributed by atoms with van der Waals surface area (Å²) in [5, 5.41) is 15.5. The van der Waals surface area contributed by atoms with Gasteiger partial charge in [-0.05, 0) is 0 Å². The van der Waals surface area contributed by atoms with Crippen molar-refractivity contribution in [3.8, 4) is 0 Å². The van der Waals surface area contributed by atoms with Gasteiger partial charge in [0.1, 0.15) is 29.9 Å². The number of amides is 2. The van der Waals surface area contributed by atoms with Crippen LogP contribution in [0.4, 0.5) is 5.13 Å². The van der Waals surface area contributed by atoms with Crippen molar-refractivity contribution in [1.29, 1.82) is 0 Å². The molecule has 29 heavy (non-hydrogen) atoms. The minimum atomic E-state index is -4.88. The Labute approximate surface area is 170 Å². The Hall–Kier alpha value is -2.45. The van der Waals surface area contributed by atoms with Crippen LogP contribution in [-0.2, 0) is 23.8 Å². The fourth-order valence-electron chi connectivity index (χ4n) is 2.73. The Morgan fingerprint density at radius 3 is 2.69 bits per heavy atom. The largest absolute Gasteiger partial charge is 0.477 e. The zero-order chi connectivity index (χ0) is 21.5. The number of thiazole rings is 1. The van der Waals surface area contributed by atoms with Crippen LogP contribution in [-0.4, -0.2) is 72.6 Å². The number of nitrogens with two attached hydrogens (primary N) is 1. The maximum absolute atomic E-state index is 12.6. The first-order chi connectivity index (χ1) is 13.6. The lowest BCUT2D eigenvalue weighted by atomic mass is 10.0. The number of nitrogens with one attached hydrogen (secondary N) is 1. The smallest absolute Gasteiger partial charge is 0.355 e. The standard InChI is InChI=1S/C13H14N5O8PS2/c1-26-17-6(4-2-29-13(14)15-4)9(19)16-7-10(20)18-8(12(21)22)5(27(23,24)25)3-28-11(7)18/h2,7,11H,3H2,1H3,(H2,14,15)(H,16,19)(H,21,22)(H2,23,24,25)/t7?,11-/m1/s1. The predicted molar refractivity (Wildman–Crippen MR) is 102 cm³/mol. The van der Waals surface area contributed by atoms with E-state index in [9.17, 15) is 33.8 Å². The van der Waals surface area contributed by atoms with Gasteiger partial charge in [0.05, 0.1) is 5.31 Å². The van der Waals surface area contributed by atoms with Gasteiger partial charge in [-0.15, -0.1) is 23.1 Å². The number of nitrogen functional groups attached to an aromatic ring is 1. The molecule has 1 aromatic rings. The van der Waals surface area contributed by atoms with Crippen LogP contribution >= 0.6 is 30.7 Å². The molecule has 3 rings (SSSR count). The van der Waals surface area contributed by atoms with E-state index >= 15 is 0 Å². The number of rotatable bonds is 6. The van der Waals surface area contributed by atoms with E-state index in [0.29, 0.717) is 0 Å². The first-order valence-electron chi connectivity index (χ1n) is 7.67. The normalized spacial score (nSPS) is 22.1. The van der Waals surface area contributed by atoms with Crippen molar-refractivity contribution in [1.82, 2.24) is 15.2 Å². The fraction of sp³-hybridized carbons (Fsp3) is 0.308. The highest BCUT2D eigenvalue weighted by Gasteiger charge is 2.56. The number of nitrogens with zero attached hydrogens (tertiary/aromatic N) is 3. The molecule has 2 atom stereocenters. The molecule has 0 radical (unpaired) electrons. The van der Waals surface area contributed by atoms with Gasteiger partial charge in [-0.25, -0.2) is 9.78 Å². The summed E-state index contributed by atoms with van der Waals surface area (Å²) in [6, 6.07) is -1.13. The van der Waals surface area contributed by atoms with Gasteiger partial charge in [-0.3, -0.25) is 19.1 Å². The molecule has 6 N–H and O–H groups in total. The summed E-state index contributed by atoms with van der Waals surface area (Å²) in [6.45, 7) is 0. The first kappa shape index (κ1) is 21.3. The zero-order valence-corrected chi connectivity index (χ0v) is 17.0. The van der Waals surface area contributed by atoms with Crippen molar-refractivity contribution in [3.05, 3.63) is 22.1 Å². The highest BCUT2D eigenvalue weighted by atomic mass is 32.2. The molecule has 2 aliphatic heterocycles. The average molecular weight is 463 g/mol. The second-order valence-electron chi connectivity index (χ2n) is 5.70. The molecule has 13 nitrogen and oxygen atoms in total. The van der Waals surface area contributed by atoms with Gasteiger partial charge >= 0.3 is 13.6 Å². The molecule has 0 bridgehead atoms. The Balaban J connectivity index is 1.84. The van der Waals surface area contributed by atoms with Crippen LogP contribution in [0.3, 0.4) is 0 Å². The van der Waals surface area contributed by atoms with Crippen LogP contribution in [0.25, 0.3) is 0 Å². The number of carboxylic acids is 1. The van der Waals surface area contributed by atoms with E-state index in [0.717, 1.165) is 28.0 Å². The zero-order valence-electron chi connectivity index (χ0n) is 14.5. The molecular formula is C13H14N5O8PS2. The molecule has 3 heterocycles. The minimum Gasteiger partial charge on any atom is -0.477 e. The van der Waals surface area contributed by atoms with Crippen molar-refractivity contribution in [2.45, 2.75) is 11.4 Å². The fourth-order valence-corrected chi connectivity index (χ4v) is 5.85. The van der Waals surface area contributed by atoms with Crippen molar-refractivity contribution >= 4 is 59.3 Å². The third kappa shape index (κ3) is 3.86. The van der Waals surface area contributed by atoms with Gasteiger partial charge in [0.25, 0.3) is 11.8 Å². The third-order valence-corrected chi connectivity index (χ3v) is 7.19. The quantitative estimate of drug-likeness (QED) is 0.149. The molecule has 1 saturated heterocycles. The van der Waals surface area contributed by atoms with E-state index in [-0.39, 0.29) is 22.3 Å². The van der Waals surface area contributed by atoms with Gasteiger partial charge in [0.15, 0.2) is 10.8 Å². The molecule has 2 amide bonds. The molecule has 1 fully saturated rings. The number of aliphatic carboxylic acids is 1. The van der Waals surface area contributed by atoms with Gasteiger partial charge in [-0.1, -0.05) is 5.16 Å². The lowest BCUT2D eigenvalue weighted by molar-refractivity contribution is -0.150. The maximum atomic E-state index is 12.6. The lowest BCUT2D eigenvalue weighted by Crippen LogP contribution is -2.71. The summed E-state index contributed by atoms with van der Waals surface area (Å²) in [5.74, 6) is -3.59. The molecule has 0 aliphatic carbocycles. The number of anilines is 1. The maximum Gasteiger partial charge on any atom is 0.355 e. The van der Waals surface area contributed by atoms with Crippen molar-refractivity contribution in [2.24, 2.45) is 5.16 Å². The molecule has 156 valence electrons. The highest BCUT2D eigenvalue weighted by molar-refractivity contribution is 8.00. The van der Waals surface area contributed by atoms with E-state index in [4.69, 9.17) is 5.73 Å². The van der Waals surface area contributed by atoms with Crippen LogP contribution in [0, 0.1) is 0 Å². The molecular weight excluding hydrogens is 449 g/mol. The molecule has 1 aromatic heterocycles. The number of oxime groups is 1. The van der Waals surface area contributed by atoms with Crippen molar-refractivity contribution in [3.63, 3.8) is 0 Å². The summed E-state index contributed by atoms with van der Waals surface area (Å²) >= 11 is 1.99. The van der Waals surface area contributed by atoms with E-state index < -0.39 is 47.8 Å². The van der Waals surface area contributed by atoms with Gasteiger partial charge < -0.3 is 30.8 Å². The predicted octanol–water partition coefficient (Wildman–Crippen LogP) is -1.05. The van der Waals surface area contributed by atoms with Gasteiger partial charge in [0, 0.05) is 11.1 Å². The summed E-state index contributed by atoms with van der Waals surface area (Å²) in [6.07, 6.45) is 0. The monoisotopic (exact) mass is 463 g/mol. The van der Waals surface area contributed by atoms with Crippen LogP contribution in [0.1, 0.15) is 5.69 Å². The summed E-state index contributed by atoms with van der Waals surface area (Å²) in [7, 11) is -3.66. The topological polar surface area (TPSA) is 205 Å². The van der Waals surface area contributed by atoms with E-state index in [1.165, 1.54) is 12.5 Å². The number of hydrogen-bond acceptors (Lipinski definition) is 10. The second-order valence-corrected chi connectivity index (χ2v) is 9.32. The van der Waals surface area contributed by atoms with Crippen LogP contribution in [0.15, 0.2) is 21.5 Å². The second kappa shape index (κ2) is 7.76. The highest BCUT2D eigenvalue weighted by Crippen LogP contribution is 2.54. The minimum absolute atomic E-state index is 0.127. The molecule has 0 saturated carbocycles. The molecule has 0 aromatic carbocycles. The van der Waals surface area contributed by atoms with Crippen molar-refractivity contribution < 1.29 is 38.7 Å². The number of aromatic nitrogens is 1. The van der Waals surface area contributed by atoms with Crippen LogP contribution < -0.4 is 11.1 Å². The number of thioether (sulfide) groups is 1. The van der Waals surface area contributed by atoms with E-state index in [1.807, 2.05) is 0 Å². The number of hydrogen-bond donors (Lipinski definition) is 5. The Bertz CT molecular complexity index is 1000. The molecule has 0 spiro atoms. The summed E-state index contributed by atoms with van der Waals surface area (Å²) < 4.78 is 11.6. The van der Waals surface area contributed by atoms with Gasteiger partial charge in [-0.2, -0.15) is 0 Å². The molecule has 2 aliphatic rings. The third-order valence-electron chi connectivity index (χ3n) is 3.95. The average Bonchev–Trinajstić information content (AvgIpc) is 3.07. The molecule has 16 heteroatoms. The SMILES string of the molecule is CON=C(C(=O)NC1C(=O)N2C(C(=O)O)=C(P(=O)(O)O)CS[C@H]12)c1csc(N)n1.